The molecule has 4 nitrogen and oxygen atoms in total. The maximum Gasteiger partial charge on any atom is 0.220 e. The van der Waals surface area contributed by atoms with Gasteiger partial charge in [0.2, 0.25) is 5.79 Å². The molecule has 0 spiro atoms. The summed E-state index contributed by atoms with van der Waals surface area (Å²) in [5.74, 6) is -1.12. The second-order valence-corrected chi connectivity index (χ2v) is 9.00. The average Bonchev–Trinajstić information content (AvgIpc) is 2.90. The van der Waals surface area contributed by atoms with Gasteiger partial charge < -0.3 is 9.47 Å². The van der Waals surface area contributed by atoms with Crippen molar-refractivity contribution in [1.82, 2.24) is 9.97 Å². The average molecular weight is 457 g/mol. The molecule has 4 rings (SSSR count). The lowest BCUT2D eigenvalue weighted by atomic mass is 9.85. The summed E-state index contributed by atoms with van der Waals surface area (Å²) in [6, 6.07) is 24.8. The van der Waals surface area contributed by atoms with E-state index in [-0.39, 0.29) is 5.92 Å². The Morgan fingerprint density at radius 3 is 1.94 bits per heavy atom. The summed E-state index contributed by atoms with van der Waals surface area (Å²) in [7, 11) is 3.44. The number of para-hydroxylation sites is 2. The molecule has 0 saturated heterocycles. The number of aromatic nitrogens is 2. The van der Waals surface area contributed by atoms with Crippen LogP contribution >= 0.6 is 0 Å². The van der Waals surface area contributed by atoms with Crippen LogP contribution in [0.1, 0.15) is 69.2 Å². The number of methoxy groups -OCH3 is 2. The van der Waals surface area contributed by atoms with Gasteiger partial charge in [0, 0.05) is 25.0 Å². The standard InChI is InChI=1S/C30H36N2O2/c1-4-5-6-7-8-9-16-25(28-21-19-23-14-10-12-17-26(23)31-28)30(33-2,34-3)29-22-20-24-15-11-13-18-27(24)32-29/h10-15,17-22,25H,4-9,16H2,1-3H3. The highest BCUT2D eigenvalue weighted by atomic mass is 16.7. The summed E-state index contributed by atoms with van der Waals surface area (Å²) in [6.45, 7) is 2.25. The van der Waals surface area contributed by atoms with Gasteiger partial charge in [0.05, 0.1) is 22.6 Å². The van der Waals surface area contributed by atoms with E-state index in [0.717, 1.165) is 46.0 Å². The molecule has 0 saturated carbocycles. The Labute approximate surface area is 203 Å². The van der Waals surface area contributed by atoms with Crippen LogP contribution in [0.25, 0.3) is 21.8 Å². The Balaban J connectivity index is 1.73. The van der Waals surface area contributed by atoms with Crippen molar-refractivity contribution in [3.8, 4) is 0 Å². The van der Waals surface area contributed by atoms with Gasteiger partial charge >= 0.3 is 0 Å². The molecule has 2 heterocycles. The molecule has 2 aromatic carbocycles. The lowest BCUT2D eigenvalue weighted by Gasteiger charge is -2.38. The van der Waals surface area contributed by atoms with Gasteiger partial charge in [0.15, 0.2) is 0 Å². The number of fused-ring (bicyclic) bond motifs is 2. The highest BCUT2D eigenvalue weighted by molar-refractivity contribution is 5.79. The van der Waals surface area contributed by atoms with Crippen LogP contribution in [-0.4, -0.2) is 24.2 Å². The molecular weight excluding hydrogens is 420 g/mol. The molecule has 0 N–H and O–H groups in total. The second kappa shape index (κ2) is 11.5. The third-order valence-electron chi connectivity index (χ3n) is 6.84. The minimum atomic E-state index is -1.02. The van der Waals surface area contributed by atoms with Gasteiger partial charge in [-0.3, -0.25) is 4.98 Å². The van der Waals surface area contributed by atoms with Gasteiger partial charge in [-0.2, -0.15) is 0 Å². The summed E-state index contributed by atoms with van der Waals surface area (Å²) >= 11 is 0. The molecule has 4 aromatic rings. The second-order valence-electron chi connectivity index (χ2n) is 9.00. The maximum absolute atomic E-state index is 6.22. The zero-order valence-corrected chi connectivity index (χ0v) is 20.7. The molecule has 0 amide bonds. The van der Waals surface area contributed by atoms with Crippen molar-refractivity contribution in [3.05, 3.63) is 84.2 Å². The van der Waals surface area contributed by atoms with E-state index in [0.29, 0.717) is 0 Å². The summed E-state index contributed by atoms with van der Waals surface area (Å²) in [4.78, 5) is 10.1. The number of pyridine rings is 2. The molecule has 178 valence electrons. The smallest absolute Gasteiger partial charge is 0.220 e. The minimum Gasteiger partial charge on any atom is -0.348 e. The van der Waals surface area contributed by atoms with Crippen LogP contribution in [0.15, 0.2) is 72.8 Å². The van der Waals surface area contributed by atoms with Crippen LogP contribution in [0, 0.1) is 0 Å². The first-order valence-electron chi connectivity index (χ1n) is 12.5. The first kappa shape index (κ1) is 24.3. The summed E-state index contributed by atoms with van der Waals surface area (Å²) in [6.07, 6.45) is 8.30. The minimum absolute atomic E-state index is 0.0908. The normalized spacial score (nSPS) is 12.9. The van der Waals surface area contributed by atoms with Crippen molar-refractivity contribution in [2.75, 3.05) is 14.2 Å². The Morgan fingerprint density at radius 2 is 1.26 bits per heavy atom. The van der Waals surface area contributed by atoms with Gasteiger partial charge in [-0.1, -0.05) is 94.0 Å². The van der Waals surface area contributed by atoms with E-state index in [1.165, 1.54) is 32.1 Å². The van der Waals surface area contributed by atoms with Crippen LogP contribution in [0.3, 0.4) is 0 Å². The molecule has 2 aromatic heterocycles. The first-order valence-corrected chi connectivity index (χ1v) is 12.5. The van der Waals surface area contributed by atoms with Crippen molar-refractivity contribution in [2.24, 2.45) is 0 Å². The van der Waals surface area contributed by atoms with Gasteiger partial charge in [-0.05, 0) is 30.7 Å². The molecular formula is C30H36N2O2. The Morgan fingerprint density at radius 1 is 0.676 bits per heavy atom. The number of ether oxygens (including phenoxy) is 2. The fourth-order valence-corrected chi connectivity index (χ4v) is 4.95. The summed E-state index contributed by atoms with van der Waals surface area (Å²) < 4.78 is 12.4. The highest BCUT2D eigenvalue weighted by Crippen LogP contribution is 2.43. The van der Waals surface area contributed by atoms with Crippen LogP contribution in [0.4, 0.5) is 0 Å². The lowest BCUT2D eigenvalue weighted by Crippen LogP contribution is -2.39. The predicted molar refractivity (Wildman–Crippen MR) is 140 cm³/mol. The number of unbranched alkanes of at least 4 members (excludes halogenated alkanes) is 5. The zero-order valence-electron chi connectivity index (χ0n) is 20.7. The van der Waals surface area contributed by atoms with Gasteiger partial charge in [-0.15, -0.1) is 0 Å². The Hall–Kier alpha value is -2.82. The van der Waals surface area contributed by atoms with E-state index >= 15 is 0 Å². The van der Waals surface area contributed by atoms with E-state index in [1.54, 1.807) is 14.2 Å². The fraction of sp³-hybridized carbons (Fsp3) is 0.400. The molecule has 0 radical (unpaired) electrons. The topological polar surface area (TPSA) is 44.2 Å². The molecule has 0 aliphatic rings. The van der Waals surface area contributed by atoms with Crippen LogP contribution in [0.5, 0.6) is 0 Å². The SMILES string of the molecule is CCCCCCCCC(c1ccc2ccccc2n1)C(OC)(OC)c1ccc2ccccc2n1. The molecule has 1 atom stereocenters. The fourth-order valence-electron chi connectivity index (χ4n) is 4.95. The van der Waals surface area contributed by atoms with E-state index in [9.17, 15) is 0 Å². The van der Waals surface area contributed by atoms with Crippen molar-refractivity contribution >= 4 is 21.8 Å². The van der Waals surface area contributed by atoms with Gasteiger partial charge in [0.25, 0.3) is 0 Å². The molecule has 0 bridgehead atoms. The number of hydrogen-bond acceptors (Lipinski definition) is 4. The van der Waals surface area contributed by atoms with Crippen molar-refractivity contribution in [1.29, 1.82) is 0 Å². The number of benzene rings is 2. The number of rotatable bonds is 12. The first-order chi connectivity index (χ1) is 16.7. The van der Waals surface area contributed by atoms with Crippen molar-refractivity contribution in [3.63, 3.8) is 0 Å². The molecule has 4 heteroatoms. The molecule has 0 aliphatic carbocycles. The third-order valence-corrected chi connectivity index (χ3v) is 6.84. The van der Waals surface area contributed by atoms with Gasteiger partial charge in [-0.25, -0.2) is 4.98 Å². The molecule has 0 fully saturated rings. The van der Waals surface area contributed by atoms with Crippen molar-refractivity contribution < 1.29 is 9.47 Å². The highest BCUT2D eigenvalue weighted by Gasteiger charge is 2.44. The predicted octanol–water partition coefficient (Wildman–Crippen LogP) is 7.76. The van der Waals surface area contributed by atoms with E-state index < -0.39 is 5.79 Å². The maximum atomic E-state index is 6.22. The largest absolute Gasteiger partial charge is 0.348 e. The van der Waals surface area contributed by atoms with Crippen LogP contribution in [0.2, 0.25) is 0 Å². The summed E-state index contributed by atoms with van der Waals surface area (Å²) in [5, 5.41) is 2.23. The third kappa shape index (κ3) is 5.13. The van der Waals surface area contributed by atoms with Crippen LogP contribution in [-0.2, 0) is 15.3 Å². The van der Waals surface area contributed by atoms with E-state index in [1.807, 2.05) is 36.4 Å². The molecule has 0 aliphatic heterocycles. The lowest BCUT2D eigenvalue weighted by molar-refractivity contribution is -0.236. The zero-order chi connectivity index (χ0) is 23.8. The Kier molecular flexibility index (Phi) is 8.25. The van der Waals surface area contributed by atoms with Gasteiger partial charge in [0.1, 0.15) is 5.69 Å². The van der Waals surface area contributed by atoms with E-state index in [2.05, 4.69) is 43.3 Å². The molecule has 1 unspecified atom stereocenters. The quantitative estimate of drug-likeness (QED) is 0.161. The van der Waals surface area contributed by atoms with Crippen molar-refractivity contribution in [2.45, 2.75) is 63.6 Å². The molecule has 34 heavy (non-hydrogen) atoms. The number of hydrogen-bond donors (Lipinski definition) is 0. The summed E-state index contributed by atoms with van der Waals surface area (Å²) in [5.41, 5.74) is 3.68. The Bertz CT molecular complexity index is 1200. The van der Waals surface area contributed by atoms with Crippen LogP contribution < -0.4 is 0 Å². The number of nitrogens with zero attached hydrogens (tertiary/aromatic N) is 2. The van der Waals surface area contributed by atoms with E-state index in [4.69, 9.17) is 19.4 Å². The monoisotopic (exact) mass is 456 g/mol.